The lowest BCUT2D eigenvalue weighted by Crippen LogP contribution is -2.21. The molecule has 0 bridgehead atoms. The number of aryl methyl sites for hydroxylation is 1. The molecule has 0 spiro atoms. The first-order chi connectivity index (χ1) is 12.6. The van der Waals surface area contributed by atoms with Crippen molar-refractivity contribution in [1.82, 2.24) is 9.55 Å². The Bertz CT molecular complexity index is 714. The van der Waals surface area contributed by atoms with Crippen LogP contribution in [0.4, 0.5) is 0 Å². The molecule has 3 rings (SSSR count). The van der Waals surface area contributed by atoms with Crippen LogP contribution >= 0.6 is 0 Å². The van der Waals surface area contributed by atoms with Crippen LogP contribution in [0.15, 0.2) is 30.3 Å². The van der Waals surface area contributed by atoms with Gasteiger partial charge in [-0.25, -0.2) is 4.98 Å². The molecule has 1 aliphatic heterocycles. The Morgan fingerprint density at radius 1 is 1.42 bits per heavy atom. The zero-order chi connectivity index (χ0) is 18.4. The van der Waals surface area contributed by atoms with Gasteiger partial charge in [-0.2, -0.15) is 0 Å². The molecule has 26 heavy (non-hydrogen) atoms. The monoisotopic (exact) mass is 350 g/mol. The molecular weight excluding hydrogens is 319 g/mol. The van der Waals surface area contributed by atoms with Crippen LogP contribution in [-0.4, -0.2) is 22.0 Å². The number of aromatic nitrogens is 2. The van der Waals surface area contributed by atoms with E-state index in [0.717, 1.165) is 49.7 Å². The quantitative estimate of drug-likeness (QED) is 0.643. The number of hydrogen-bond acceptors (Lipinski definition) is 2. The number of rotatable bonds is 7. The van der Waals surface area contributed by atoms with Crippen LogP contribution in [0.3, 0.4) is 0 Å². The van der Waals surface area contributed by atoms with Gasteiger partial charge in [-0.3, -0.25) is 0 Å². The van der Waals surface area contributed by atoms with Gasteiger partial charge in [-0.15, -0.1) is 5.98 Å². The molecular formula is C22H31BN2O. The molecule has 0 aromatic carbocycles. The molecule has 1 aromatic heterocycles. The molecule has 1 aromatic rings. The van der Waals surface area contributed by atoms with E-state index in [4.69, 9.17) is 4.98 Å². The molecule has 1 fully saturated rings. The van der Waals surface area contributed by atoms with Gasteiger partial charge >= 0.3 is 0 Å². The van der Waals surface area contributed by atoms with Crippen LogP contribution in [0.1, 0.15) is 56.2 Å². The highest BCUT2D eigenvalue weighted by Crippen LogP contribution is 2.29. The van der Waals surface area contributed by atoms with Gasteiger partial charge in [0.25, 0.3) is 0 Å². The number of Topliss-reactive ketones (excluding diaryl/α,β-unsaturated/α-hetero) is 1. The number of carbonyl (C=O) groups excluding carboxylic acids is 1. The minimum atomic E-state index is 0.335. The Labute approximate surface area is 158 Å². The van der Waals surface area contributed by atoms with E-state index in [1.54, 1.807) is 6.92 Å². The fourth-order valence-corrected chi connectivity index (χ4v) is 4.35. The van der Waals surface area contributed by atoms with Gasteiger partial charge in [-0.1, -0.05) is 49.8 Å². The lowest BCUT2D eigenvalue weighted by Gasteiger charge is -2.25. The van der Waals surface area contributed by atoms with E-state index < -0.39 is 0 Å². The summed E-state index contributed by atoms with van der Waals surface area (Å²) in [6.07, 6.45) is 19.9. The highest BCUT2D eigenvalue weighted by atomic mass is 16.1. The van der Waals surface area contributed by atoms with Gasteiger partial charge in [0.05, 0.1) is 5.69 Å². The van der Waals surface area contributed by atoms with Gasteiger partial charge in [0.1, 0.15) is 11.6 Å². The third-order valence-corrected chi connectivity index (χ3v) is 5.76. The van der Waals surface area contributed by atoms with Crippen LogP contribution < -0.4 is 0 Å². The molecule has 0 saturated carbocycles. The molecule has 0 amide bonds. The van der Waals surface area contributed by atoms with Gasteiger partial charge in [-0.05, 0) is 38.7 Å². The van der Waals surface area contributed by atoms with Crippen molar-refractivity contribution in [1.29, 1.82) is 0 Å². The molecule has 1 saturated heterocycles. The van der Waals surface area contributed by atoms with Crippen molar-refractivity contribution >= 4 is 18.6 Å². The van der Waals surface area contributed by atoms with Crippen molar-refractivity contribution in [2.45, 2.75) is 71.6 Å². The SMILES string of the molecule is CC(=O)CCC1CCCB(/C=C/CCn2c(C)nc3c2CC=CC=C3)C1. The van der Waals surface area contributed by atoms with Crippen molar-refractivity contribution in [3.05, 3.63) is 47.5 Å². The maximum atomic E-state index is 11.2. The first-order valence-electron chi connectivity index (χ1n) is 10.2. The Morgan fingerprint density at radius 3 is 3.15 bits per heavy atom. The summed E-state index contributed by atoms with van der Waals surface area (Å²) in [6.45, 7) is 5.53. The smallest absolute Gasteiger partial charge is 0.166 e. The summed E-state index contributed by atoms with van der Waals surface area (Å²) in [5.41, 5.74) is 2.46. The predicted molar refractivity (Wildman–Crippen MR) is 111 cm³/mol. The fourth-order valence-electron chi connectivity index (χ4n) is 4.35. The highest BCUT2D eigenvalue weighted by Gasteiger charge is 2.22. The second-order valence-corrected chi connectivity index (χ2v) is 7.88. The van der Waals surface area contributed by atoms with Crippen LogP contribution in [0.25, 0.3) is 6.08 Å². The molecule has 1 atom stereocenters. The van der Waals surface area contributed by atoms with Crippen molar-refractivity contribution in [3.63, 3.8) is 0 Å². The van der Waals surface area contributed by atoms with E-state index in [-0.39, 0.29) is 0 Å². The van der Waals surface area contributed by atoms with Gasteiger partial charge < -0.3 is 9.36 Å². The molecule has 4 heteroatoms. The molecule has 3 nitrogen and oxygen atoms in total. The highest BCUT2D eigenvalue weighted by molar-refractivity contribution is 6.64. The molecule has 0 radical (unpaired) electrons. The minimum Gasteiger partial charge on any atom is -0.331 e. The molecule has 2 aliphatic rings. The summed E-state index contributed by atoms with van der Waals surface area (Å²) >= 11 is 0. The Balaban J connectivity index is 1.50. The van der Waals surface area contributed by atoms with Crippen molar-refractivity contribution in [2.24, 2.45) is 5.92 Å². The van der Waals surface area contributed by atoms with E-state index in [1.807, 2.05) is 0 Å². The molecule has 138 valence electrons. The summed E-state index contributed by atoms with van der Waals surface area (Å²) in [4.78, 5) is 15.9. The topological polar surface area (TPSA) is 34.9 Å². The Kier molecular flexibility index (Phi) is 6.70. The number of carbonyl (C=O) groups is 1. The van der Waals surface area contributed by atoms with E-state index in [0.29, 0.717) is 12.5 Å². The van der Waals surface area contributed by atoms with Crippen LogP contribution in [0.2, 0.25) is 12.6 Å². The second kappa shape index (κ2) is 9.20. The molecule has 0 N–H and O–H groups in total. The lowest BCUT2D eigenvalue weighted by molar-refractivity contribution is -0.117. The normalized spacial score (nSPS) is 19.8. The standard InChI is InChI=1S/C22H31BN2O/c1-18(26)12-13-20-9-8-15-23(17-20)14-6-7-16-25-19(2)24-21-10-4-3-5-11-22(21)25/h3-6,10,14,20H,7-9,11-13,15-17H2,1-2H3/b14-6+. The number of ketones is 1. The third-order valence-electron chi connectivity index (χ3n) is 5.76. The maximum absolute atomic E-state index is 11.2. The maximum Gasteiger partial charge on any atom is 0.166 e. The van der Waals surface area contributed by atoms with Crippen LogP contribution in [0.5, 0.6) is 0 Å². The van der Waals surface area contributed by atoms with Crippen LogP contribution in [0, 0.1) is 12.8 Å². The Hall–Kier alpha value is -1.84. The number of hydrogen-bond donors (Lipinski definition) is 0. The van der Waals surface area contributed by atoms with Crippen LogP contribution in [-0.2, 0) is 17.8 Å². The number of fused-ring (bicyclic) bond motifs is 1. The van der Waals surface area contributed by atoms with E-state index in [2.05, 4.69) is 47.8 Å². The zero-order valence-electron chi connectivity index (χ0n) is 16.3. The number of nitrogens with zero attached hydrogens (tertiary/aromatic N) is 2. The van der Waals surface area contributed by atoms with Crippen molar-refractivity contribution < 1.29 is 4.79 Å². The van der Waals surface area contributed by atoms with Gasteiger partial charge in [0, 0.05) is 25.1 Å². The van der Waals surface area contributed by atoms with Crippen molar-refractivity contribution in [2.75, 3.05) is 0 Å². The molecule has 2 heterocycles. The summed E-state index contributed by atoms with van der Waals surface area (Å²) in [6, 6.07) is 0. The van der Waals surface area contributed by atoms with Gasteiger partial charge in [0.15, 0.2) is 6.71 Å². The van der Waals surface area contributed by atoms with E-state index in [9.17, 15) is 4.79 Å². The Morgan fingerprint density at radius 2 is 2.31 bits per heavy atom. The lowest BCUT2D eigenvalue weighted by atomic mass is 9.39. The minimum absolute atomic E-state index is 0.335. The average Bonchev–Trinajstić information content (AvgIpc) is 2.78. The first kappa shape index (κ1) is 18.9. The first-order valence-corrected chi connectivity index (χ1v) is 10.2. The summed E-state index contributed by atoms with van der Waals surface area (Å²) in [5.74, 6) is 4.63. The number of imidazole rings is 1. The summed E-state index contributed by atoms with van der Waals surface area (Å²) in [5, 5.41) is 0. The molecule has 1 unspecified atom stereocenters. The zero-order valence-corrected chi connectivity index (χ0v) is 16.3. The number of allylic oxidation sites excluding steroid dienone is 4. The van der Waals surface area contributed by atoms with Crippen molar-refractivity contribution in [3.8, 4) is 0 Å². The summed E-state index contributed by atoms with van der Waals surface area (Å²) < 4.78 is 2.37. The van der Waals surface area contributed by atoms with Gasteiger partial charge in [0.2, 0.25) is 0 Å². The fraction of sp³-hybridized carbons (Fsp3) is 0.545. The summed E-state index contributed by atoms with van der Waals surface area (Å²) in [7, 11) is 0. The molecule has 1 aliphatic carbocycles. The predicted octanol–water partition coefficient (Wildman–Crippen LogP) is 5.08. The second-order valence-electron chi connectivity index (χ2n) is 7.88. The largest absolute Gasteiger partial charge is 0.331 e. The average molecular weight is 350 g/mol. The van der Waals surface area contributed by atoms with E-state index in [1.165, 1.54) is 31.2 Å². The van der Waals surface area contributed by atoms with E-state index >= 15 is 0 Å². The third kappa shape index (κ3) is 5.09.